The maximum absolute atomic E-state index is 12.7. The van der Waals surface area contributed by atoms with Crippen LogP contribution in [-0.2, 0) is 4.79 Å². The Balaban J connectivity index is 2.31. The molecule has 2 saturated carbocycles. The molecule has 2 unspecified atom stereocenters. The molecular weight excluding hydrogens is 232 g/mol. The molecule has 0 aromatic rings. The molecule has 0 spiro atoms. The van der Waals surface area contributed by atoms with E-state index in [2.05, 4.69) is 58.9 Å². The van der Waals surface area contributed by atoms with Crippen molar-refractivity contribution in [2.24, 2.45) is 16.7 Å². The minimum Gasteiger partial charge on any atom is -0.294 e. The number of Topliss-reactive ketones (excluding diaryl/α,β-unsaturated/α-hetero) is 1. The van der Waals surface area contributed by atoms with Crippen LogP contribution in [0, 0.1) is 16.7 Å². The fraction of sp³-hybridized carbons (Fsp3) is 0.611. The molecule has 19 heavy (non-hydrogen) atoms. The molecule has 0 N–H and O–H groups in total. The Morgan fingerprint density at radius 2 is 2.05 bits per heavy atom. The molecule has 2 fully saturated rings. The van der Waals surface area contributed by atoms with Crippen molar-refractivity contribution in [2.45, 2.75) is 53.9 Å². The molecule has 2 aliphatic rings. The van der Waals surface area contributed by atoms with E-state index in [0.717, 1.165) is 18.4 Å². The first-order chi connectivity index (χ1) is 8.84. The zero-order valence-corrected chi connectivity index (χ0v) is 12.9. The number of ketones is 1. The molecule has 2 rings (SSSR count). The molecule has 2 atom stereocenters. The lowest BCUT2D eigenvalue weighted by Gasteiger charge is -2.31. The molecule has 0 aromatic heterocycles. The fourth-order valence-electron chi connectivity index (χ4n) is 3.74. The molecular formula is C18H26O. The van der Waals surface area contributed by atoms with Gasteiger partial charge in [0.05, 0.1) is 0 Å². The van der Waals surface area contributed by atoms with Gasteiger partial charge >= 0.3 is 0 Å². The van der Waals surface area contributed by atoms with Crippen LogP contribution in [0.3, 0.4) is 0 Å². The second-order valence-corrected chi connectivity index (χ2v) is 6.82. The lowest BCUT2D eigenvalue weighted by molar-refractivity contribution is -0.125. The summed E-state index contributed by atoms with van der Waals surface area (Å²) in [5.41, 5.74) is 2.23. The molecule has 2 aliphatic carbocycles. The summed E-state index contributed by atoms with van der Waals surface area (Å²) in [5.74, 6) is 0.837. The number of rotatable bonds is 3. The largest absolute Gasteiger partial charge is 0.294 e. The number of fused-ring (bicyclic) bond motifs is 2. The number of hydrogen-bond acceptors (Lipinski definition) is 1. The lowest BCUT2D eigenvalue weighted by Crippen LogP contribution is -2.32. The van der Waals surface area contributed by atoms with Gasteiger partial charge < -0.3 is 0 Å². The second-order valence-electron chi connectivity index (χ2n) is 6.82. The van der Waals surface area contributed by atoms with Crippen molar-refractivity contribution in [2.75, 3.05) is 0 Å². The summed E-state index contributed by atoms with van der Waals surface area (Å²) < 4.78 is 0. The number of carbonyl (C=O) groups is 1. The van der Waals surface area contributed by atoms with Crippen molar-refractivity contribution in [1.82, 2.24) is 0 Å². The highest BCUT2D eigenvalue weighted by atomic mass is 16.1. The van der Waals surface area contributed by atoms with Crippen LogP contribution >= 0.6 is 0 Å². The van der Waals surface area contributed by atoms with Gasteiger partial charge in [0.15, 0.2) is 5.78 Å². The molecule has 104 valence electrons. The van der Waals surface area contributed by atoms with Crippen LogP contribution in [0.1, 0.15) is 53.9 Å². The third kappa shape index (κ3) is 2.04. The van der Waals surface area contributed by atoms with Crippen molar-refractivity contribution >= 4 is 5.78 Å². The smallest absolute Gasteiger partial charge is 0.165 e. The van der Waals surface area contributed by atoms with E-state index in [1.165, 1.54) is 12.0 Å². The third-order valence-electron chi connectivity index (χ3n) is 5.48. The van der Waals surface area contributed by atoms with E-state index in [1.54, 1.807) is 0 Å². The third-order valence-corrected chi connectivity index (χ3v) is 5.48. The molecule has 2 bridgehead atoms. The van der Waals surface area contributed by atoms with E-state index < -0.39 is 0 Å². The summed E-state index contributed by atoms with van der Waals surface area (Å²) in [4.78, 5) is 12.7. The molecule has 0 amide bonds. The maximum atomic E-state index is 12.7. The van der Waals surface area contributed by atoms with Gasteiger partial charge in [-0.1, -0.05) is 57.6 Å². The van der Waals surface area contributed by atoms with Gasteiger partial charge in [0, 0.05) is 5.41 Å². The van der Waals surface area contributed by atoms with Crippen LogP contribution in [0.2, 0.25) is 0 Å². The van der Waals surface area contributed by atoms with Gasteiger partial charge in [-0.15, -0.1) is 0 Å². The summed E-state index contributed by atoms with van der Waals surface area (Å²) in [5, 5.41) is 0. The van der Waals surface area contributed by atoms with Gasteiger partial charge in [-0.25, -0.2) is 0 Å². The highest BCUT2D eigenvalue weighted by molar-refractivity contribution is 6.05. The minimum absolute atomic E-state index is 0.120. The van der Waals surface area contributed by atoms with Crippen LogP contribution in [0.25, 0.3) is 0 Å². The Morgan fingerprint density at radius 3 is 2.58 bits per heavy atom. The van der Waals surface area contributed by atoms with Crippen molar-refractivity contribution in [1.29, 1.82) is 0 Å². The first-order valence-electron chi connectivity index (χ1n) is 7.44. The Hall–Kier alpha value is -1.11. The van der Waals surface area contributed by atoms with Crippen molar-refractivity contribution < 1.29 is 4.79 Å². The average Bonchev–Trinajstić information content (AvgIpc) is 2.64. The van der Waals surface area contributed by atoms with Crippen LogP contribution in [0.5, 0.6) is 0 Å². The number of allylic oxidation sites excluding steroid dienone is 6. The van der Waals surface area contributed by atoms with Gasteiger partial charge in [-0.3, -0.25) is 4.79 Å². The predicted octanol–water partition coefficient (Wildman–Crippen LogP) is 4.85. The molecule has 1 heteroatoms. The van der Waals surface area contributed by atoms with Crippen molar-refractivity contribution in [3.63, 3.8) is 0 Å². The van der Waals surface area contributed by atoms with E-state index in [1.807, 2.05) is 0 Å². The number of carbonyl (C=O) groups excluding carboxylic acids is 1. The predicted molar refractivity (Wildman–Crippen MR) is 80.9 cm³/mol. The van der Waals surface area contributed by atoms with Crippen LogP contribution < -0.4 is 0 Å². The minimum atomic E-state index is -0.136. The molecule has 0 saturated heterocycles. The van der Waals surface area contributed by atoms with E-state index in [-0.39, 0.29) is 10.8 Å². The van der Waals surface area contributed by atoms with E-state index in [9.17, 15) is 4.79 Å². The van der Waals surface area contributed by atoms with Gasteiger partial charge in [0.2, 0.25) is 0 Å². The normalized spacial score (nSPS) is 35.8. The highest BCUT2D eigenvalue weighted by Gasteiger charge is 2.63. The van der Waals surface area contributed by atoms with E-state index >= 15 is 0 Å². The van der Waals surface area contributed by atoms with Gasteiger partial charge in [0.1, 0.15) is 0 Å². The van der Waals surface area contributed by atoms with E-state index in [0.29, 0.717) is 11.7 Å². The van der Waals surface area contributed by atoms with Gasteiger partial charge in [-0.05, 0) is 43.1 Å². The zero-order chi connectivity index (χ0) is 14.3. The summed E-state index contributed by atoms with van der Waals surface area (Å²) >= 11 is 0. The van der Waals surface area contributed by atoms with Crippen LogP contribution in [-0.4, -0.2) is 5.78 Å². The lowest BCUT2D eigenvalue weighted by atomic mass is 9.70. The first kappa shape index (κ1) is 14.3. The molecule has 1 nitrogen and oxygen atoms in total. The van der Waals surface area contributed by atoms with Crippen LogP contribution in [0.15, 0.2) is 35.5 Å². The summed E-state index contributed by atoms with van der Waals surface area (Å²) in [6.07, 6.45) is 11.7. The summed E-state index contributed by atoms with van der Waals surface area (Å²) in [7, 11) is 0. The molecule has 0 heterocycles. The summed E-state index contributed by atoms with van der Waals surface area (Å²) in [6, 6.07) is 0. The quantitative estimate of drug-likeness (QED) is 0.522. The number of hydrogen-bond donors (Lipinski definition) is 0. The topological polar surface area (TPSA) is 17.1 Å². The maximum Gasteiger partial charge on any atom is 0.165 e. The Kier molecular flexibility index (Phi) is 3.59. The Labute approximate surface area is 117 Å². The van der Waals surface area contributed by atoms with Crippen molar-refractivity contribution in [3.8, 4) is 0 Å². The zero-order valence-electron chi connectivity index (χ0n) is 12.9. The average molecular weight is 258 g/mol. The first-order valence-corrected chi connectivity index (χ1v) is 7.44. The monoisotopic (exact) mass is 258 g/mol. The second kappa shape index (κ2) is 4.77. The molecule has 0 radical (unpaired) electrons. The van der Waals surface area contributed by atoms with Gasteiger partial charge in [-0.2, -0.15) is 0 Å². The summed E-state index contributed by atoms with van der Waals surface area (Å²) in [6.45, 7) is 10.9. The van der Waals surface area contributed by atoms with Crippen molar-refractivity contribution in [3.05, 3.63) is 35.5 Å². The standard InChI is InChI=1S/C18H26O/c1-6-7-8-9-13(2)12-14-15-10-11-18(5,16(14)19)17(15,3)4/h7-9,12,15H,6,10-11H2,1-5H3/b8-7-,13-9+,14-12+. The Bertz CT molecular complexity index is 476. The van der Waals surface area contributed by atoms with Gasteiger partial charge in [0.25, 0.3) is 0 Å². The fourth-order valence-corrected chi connectivity index (χ4v) is 3.74. The highest BCUT2D eigenvalue weighted by Crippen LogP contribution is 2.65. The molecule has 0 aromatic carbocycles. The SMILES string of the molecule is CC\C=C/C=C(C)/C=C1/C(=O)C2(C)CCC1C2(C)C. The van der Waals surface area contributed by atoms with Crippen LogP contribution in [0.4, 0.5) is 0 Å². The molecule has 0 aliphatic heterocycles. The van der Waals surface area contributed by atoms with E-state index in [4.69, 9.17) is 0 Å². The Morgan fingerprint density at radius 1 is 1.37 bits per heavy atom.